The maximum absolute atomic E-state index is 12.7. The predicted octanol–water partition coefficient (Wildman–Crippen LogP) is 3.62. The van der Waals surface area contributed by atoms with Crippen molar-refractivity contribution in [1.29, 1.82) is 0 Å². The van der Waals surface area contributed by atoms with E-state index in [-0.39, 0.29) is 5.91 Å². The molecule has 3 rings (SSSR count). The molecule has 0 saturated carbocycles. The topological polar surface area (TPSA) is 54.5 Å². The van der Waals surface area contributed by atoms with Gasteiger partial charge in [0, 0.05) is 33.4 Å². The van der Waals surface area contributed by atoms with Crippen LogP contribution in [0.2, 0.25) is 0 Å². The second-order valence-corrected chi connectivity index (χ2v) is 7.13. The second-order valence-electron chi connectivity index (χ2n) is 7.13. The molecule has 144 valence electrons. The number of carbonyl (C=O) groups is 1. The van der Waals surface area contributed by atoms with Crippen LogP contribution >= 0.6 is 0 Å². The normalized spacial score (nSPS) is 14.9. The van der Waals surface area contributed by atoms with Crippen LogP contribution in [0.1, 0.15) is 35.3 Å². The Morgan fingerprint density at radius 1 is 1.19 bits per heavy atom. The first-order valence-electron chi connectivity index (χ1n) is 9.78. The first kappa shape index (κ1) is 19.4. The molecule has 2 heterocycles. The maximum atomic E-state index is 12.7. The lowest BCUT2D eigenvalue weighted by Gasteiger charge is -2.32. The predicted molar refractivity (Wildman–Crippen MR) is 108 cm³/mol. The van der Waals surface area contributed by atoms with Crippen LogP contribution in [0.25, 0.3) is 0 Å². The summed E-state index contributed by atoms with van der Waals surface area (Å²) in [5.41, 5.74) is 2.85. The lowest BCUT2D eigenvalue weighted by Crippen LogP contribution is -2.39. The monoisotopic (exact) mass is 367 g/mol. The number of pyridine rings is 1. The zero-order valence-electron chi connectivity index (χ0n) is 16.1. The molecule has 1 aliphatic rings. The number of methoxy groups -OCH3 is 1. The smallest absolute Gasteiger partial charge is 0.272 e. The van der Waals surface area contributed by atoms with Crippen LogP contribution in [0, 0.1) is 5.92 Å². The SMILES string of the molecule is COCCCNc1ccc(C(=O)N2CCC(Cc3ccccc3)CC2)nc1. The molecule has 1 amide bonds. The minimum absolute atomic E-state index is 0.0408. The summed E-state index contributed by atoms with van der Waals surface area (Å²) >= 11 is 0. The van der Waals surface area contributed by atoms with E-state index in [0.29, 0.717) is 11.6 Å². The van der Waals surface area contributed by atoms with Crippen molar-refractivity contribution < 1.29 is 9.53 Å². The van der Waals surface area contributed by atoms with E-state index < -0.39 is 0 Å². The molecule has 0 radical (unpaired) electrons. The molecule has 1 aromatic carbocycles. The van der Waals surface area contributed by atoms with Crippen LogP contribution in [0.4, 0.5) is 5.69 Å². The number of anilines is 1. The third-order valence-electron chi connectivity index (χ3n) is 5.11. The van der Waals surface area contributed by atoms with Gasteiger partial charge in [-0.3, -0.25) is 4.79 Å². The van der Waals surface area contributed by atoms with Crippen LogP contribution < -0.4 is 5.32 Å². The van der Waals surface area contributed by atoms with Crippen molar-refractivity contribution in [2.75, 3.05) is 38.7 Å². The Hall–Kier alpha value is -2.40. The van der Waals surface area contributed by atoms with Crippen molar-refractivity contribution in [3.63, 3.8) is 0 Å². The highest BCUT2D eigenvalue weighted by Crippen LogP contribution is 2.22. The van der Waals surface area contributed by atoms with Crippen molar-refractivity contribution >= 4 is 11.6 Å². The average molecular weight is 367 g/mol. The van der Waals surface area contributed by atoms with Crippen molar-refractivity contribution in [3.8, 4) is 0 Å². The Morgan fingerprint density at radius 2 is 1.96 bits per heavy atom. The Bertz CT molecular complexity index is 695. The minimum Gasteiger partial charge on any atom is -0.385 e. The third-order valence-corrected chi connectivity index (χ3v) is 5.11. The number of ether oxygens (including phenoxy) is 1. The molecule has 0 unspecified atom stereocenters. The van der Waals surface area contributed by atoms with E-state index in [2.05, 4.69) is 40.6 Å². The van der Waals surface area contributed by atoms with Crippen LogP contribution in [-0.2, 0) is 11.2 Å². The van der Waals surface area contributed by atoms with Gasteiger partial charge in [0.25, 0.3) is 5.91 Å². The summed E-state index contributed by atoms with van der Waals surface area (Å²) in [4.78, 5) is 19.0. The van der Waals surface area contributed by atoms with Crippen LogP contribution in [0.3, 0.4) is 0 Å². The first-order valence-corrected chi connectivity index (χ1v) is 9.78. The largest absolute Gasteiger partial charge is 0.385 e. The van der Waals surface area contributed by atoms with Gasteiger partial charge in [-0.25, -0.2) is 4.98 Å². The second kappa shape index (κ2) is 10.1. The van der Waals surface area contributed by atoms with Crippen molar-refractivity contribution in [2.24, 2.45) is 5.92 Å². The summed E-state index contributed by atoms with van der Waals surface area (Å²) in [7, 11) is 1.70. The fraction of sp³-hybridized carbons (Fsp3) is 0.455. The molecule has 1 aliphatic heterocycles. The minimum atomic E-state index is 0.0408. The quantitative estimate of drug-likeness (QED) is 0.724. The van der Waals surface area contributed by atoms with Crippen molar-refractivity contribution in [2.45, 2.75) is 25.7 Å². The number of hydrogen-bond acceptors (Lipinski definition) is 4. The highest BCUT2D eigenvalue weighted by molar-refractivity contribution is 5.92. The zero-order valence-corrected chi connectivity index (χ0v) is 16.1. The standard InChI is InChI=1S/C22H29N3O2/c1-27-15-5-12-23-20-8-9-21(24-17-20)22(26)25-13-10-19(11-14-25)16-18-6-3-2-4-7-18/h2-4,6-9,17,19,23H,5,10-16H2,1H3. The Balaban J connectivity index is 1.46. The van der Waals surface area contributed by atoms with Gasteiger partial charge in [-0.05, 0) is 49.3 Å². The van der Waals surface area contributed by atoms with E-state index in [1.165, 1.54) is 5.56 Å². The van der Waals surface area contributed by atoms with E-state index in [1.54, 1.807) is 13.3 Å². The number of likely N-dealkylation sites (tertiary alicyclic amines) is 1. The van der Waals surface area contributed by atoms with E-state index in [0.717, 1.165) is 57.6 Å². The highest BCUT2D eigenvalue weighted by Gasteiger charge is 2.24. The van der Waals surface area contributed by atoms with Gasteiger partial charge in [0.1, 0.15) is 5.69 Å². The van der Waals surface area contributed by atoms with Gasteiger partial charge in [-0.1, -0.05) is 30.3 Å². The molecule has 5 heteroatoms. The lowest BCUT2D eigenvalue weighted by atomic mass is 9.90. The van der Waals surface area contributed by atoms with Gasteiger partial charge in [0.2, 0.25) is 0 Å². The number of nitrogens with zero attached hydrogens (tertiary/aromatic N) is 2. The van der Waals surface area contributed by atoms with Crippen LogP contribution in [0.5, 0.6) is 0 Å². The molecule has 1 N–H and O–H groups in total. The van der Waals surface area contributed by atoms with Crippen molar-refractivity contribution in [1.82, 2.24) is 9.88 Å². The summed E-state index contributed by atoms with van der Waals surface area (Å²) in [6.45, 7) is 3.19. The molecule has 0 spiro atoms. The van der Waals surface area contributed by atoms with Gasteiger partial charge >= 0.3 is 0 Å². The Labute approximate surface area is 161 Å². The molecule has 0 aliphatic carbocycles. The summed E-state index contributed by atoms with van der Waals surface area (Å²) in [6, 6.07) is 14.4. The van der Waals surface area contributed by atoms with Gasteiger partial charge in [0.05, 0.1) is 11.9 Å². The molecule has 27 heavy (non-hydrogen) atoms. The molecule has 1 saturated heterocycles. The van der Waals surface area contributed by atoms with Crippen LogP contribution in [-0.4, -0.2) is 49.1 Å². The van der Waals surface area contributed by atoms with E-state index in [1.807, 2.05) is 17.0 Å². The van der Waals surface area contributed by atoms with Gasteiger partial charge in [-0.2, -0.15) is 0 Å². The molecule has 0 bridgehead atoms. The van der Waals surface area contributed by atoms with Crippen molar-refractivity contribution in [3.05, 3.63) is 59.9 Å². The summed E-state index contributed by atoms with van der Waals surface area (Å²) < 4.78 is 5.03. The maximum Gasteiger partial charge on any atom is 0.272 e. The number of nitrogens with one attached hydrogen (secondary N) is 1. The summed E-state index contributed by atoms with van der Waals surface area (Å²) in [5, 5.41) is 3.29. The third kappa shape index (κ3) is 5.79. The number of aromatic nitrogens is 1. The fourth-order valence-electron chi connectivity index (χ4n) is 3.52. The summed E-state index contributed by atoms with van der Waals surface area (Å²) in [5.74, 6) is 0.696. The number of amides is 1. The number of rotatable bonds is 8. The molecule has 5 nitrogen and oxygen atoms in total. The molecule has 1 aromatic heterocycles. The Kier molecular flexibility index (Phi) is 7.22. The van der Waals surface area contributed by atoms with Gasteiger partial charge < -0.3 is 15.0 Å². The molecule has 1 fully saturated rings. The molecule has 0 atom stereocenters. The van der Waals surface area contributed by atoms with Gasteiger partial charge in [-0.15, -0.1) is 0 Å². The Morgan fingerprint density at radius 3 is 2.63 bits per heavy atom. The zero-order chi connectivity index (χ0) is 18.9. The van der Waals surface area contributed by atoms with Crippen LogP contribution in [0.15, 0.2) is 48.7 Å². The lowest BCUT2D eigenvalue weighted by molar-refractivity contribution is 0.0684. The number of benzene rings is 1. The van der Waals surface area contributed by atoms with E-state index >= 15 is 0 Å². The van der Waals surface area contributed by atoms with E-state index in [9.17, 15) is 4.79 Å². The number of piperidine rings is 1. The average Bonchev–Trinajstić information content (AvgIpc) is 2.72. The summed E-state index contributed by atoms with van der Waals surface area (Å²) in [6.07, 6.45) is 5.89. The number of hydrogen-bond donors (Lipinski definition) is 1. The van der Waals surface area contributed by atoms with E-state index in [4.69, 9.17) is 4.74 Å². The molecular weight excluding hydrogens is 338 g/mol. The fourth-order valence-corrected chi connectivity index (χ4v) is 3.52. The highest BCUT2D eigenvalue weighted by atomic mass is 16.5. The number of carbonyl (C=O) groups excluding carboxylic acids is 1. The first-order chi connectivity index (χ1) is 13.3. The molecule has 2 aromatic rings. The molecular formula is C22H29N3O2. The van der Waals surface area contributed by atoms with Gasteiger partial charge in [0.15, 0.2) is 0 Å².